The number of fused-ring (bicyclic) bond motifs is 1. The highest BCUT2D eigenvalue weighted by atomic mass is 32.1. The first-order valence-corrected chi connectivity index (χ1v) is 10.7. The van der Waals surface area contributed by atoms with Crippen LogP contribution >= 0.6 is 11.3 Å². The number of hydrogen-bond acceptors (Lipinski definition) is 4. The number of hydrogen-bond donors (Lipinski definition) is 1. The van der Waals surface area contributed by atoms with E-state index in [2.05, 4.69) is 52.7 Å². The molecule has 1 N–H and O–H groups in total. The van der Waals surface area contributed by atoms with Gasteiger partial charge in [-0.05, 0) is 35.4 Å². The van der Waals surface area contributed by atoms with E-state index in [0.29, 0.717) is 18.0 Å². The Morgan fingerprint density at radius 3 is 2.48 bits per heavy atom. The summed E-state index contributed by atoms with van der Waals surface area (Å²) in [4.78, 5) is 30.6. The minimum atomic E-state index is -0.175. The van der Waals surface area contributed by atoms with Gasteiger partial charge < -0.3 is 10.2 Å². The molecule has 0 atom stereocenters. The number of nitrogens with zero attached hydrogens (tertiary/aromatic N) is 2. The van der Waals surface area contributed by atoms with E-state index in [1.807, 2.05) is 17.9 Å². The molecule has 1 fully saturated rings. The van der Waals surface area contributed by atoms with Gasteiger partial charge in [0.05, 0.1) is 11.4 Å². The number of rotatable bonds is 5. The van der Waals surface area contributed by atoms with E-state index >= 15 is 0 Å². The van der Waals surface area contributed by atoms with Gasteiger partial charge in [-0.2, -0.15) is 0 Å². The van der Waals surface area contributed by atoms with Crippen molar-refractivity contribution in [3.63, 3.8) is 0 Å². The monoisotopic (exact) mass is 407 g/mol. The predicted molar refractivity (Wildman–Crippen MR) is 117 cm³/mol. The number of thiophene rings is 1. The fraction of sp³-hybridized carbons (Fsp3) is 0.304. The van der Waals surface area contributed by atoms with Crippen molar-refractivity contribution in [3.05, 3.63) is 69.9 Å². The molecule has 0 saturated carbocycles. The van der Waals surface area contributed by atoms with Crippen LogP contribution in [0, 0.1) is 6.92 Å². The zero-order chi connectivity index (χ0) is 20.2. The van der Waals surface area contributed by atoms with E-state index in [0.717, 1.165) is 24.5 Å². The molecule has 1 saturated heterocycles. The second-order valence-electron chi connectivity index (χ2n) is 7.39. The highest BCUT2D eigenvalue weighted by molar-refractivity contribution is 7.13. The highest BCUT2D eigenvalue weighted by Gasteiger charge is 2.22. The Kier molecular flexibility index (Phi) is 5.92. The Bertz CT molecular complexity index is 1020. The van der Waals surface area contributed by atoms with Crippen LogP contribution in [0.2, 0.25) is 0 Å². The van der Waals surface area contributed by atoms with Gasteiger partial charge in [-0.1, -0.05) is 42.5 Å². The van der Waals surface area contributed by atoms with E-state index in [-0.39, 0.29) is 18.4 Å². The molecule has 6 heteroatoms. The van der Waals surface area contributed by atoms with Crippen molar-refractivity contribution in [2.75, 3.05) is 32.7 Å². The molecule has 1 aromatic heterocycles. The lowest BCUT2D eigenvalue weighted by atomic mass is 10.0. The Hall–Kier alpha value is -2.70. The van der Waals surface area contributed by atoms with Crippen molar-refractivity contribution in [1.29, 1.82) is 0 Å². The van der Waals surface area contributed by atoms with Gasteiger partial charge in [0.15, 0.2) is 0 Å². The molecule has 3 aromatic rings. The lowest BCUT2D eigenvalue weighted by Gasteiger charge is -2.35. The molecule has 4 rings (SSSR count). The first-order valence-electron chi connectivity index (χ1n) is 9.91. The van der Waals surface area contributed by atoms with E-state index in [9.17, 15) is 9.59 Å². The van der Waals surface area contributed by atoms with Crippen LogP contribution in [0.4, 0.5) is 0 Å². The van der Waals surface area contributed by atoms with Crippen LogP contribution in [0.5, 0.6) is 0 Å². The number of carbonyl (C=O) groups is 2. The Balaban J connectivity index is 1.27. The maximum atomic E-state index is 12.5. The van der Waals surface area contributed by atoms with Gasteiger partial charge in [0.25, 0.3) is 5.91 Å². The molecule has 29 heavy (non-hydrogen) atoms. The maximum absolute atomic E-state index is 12.5. The number of amides is 2. The van der Waals surface area contributed by atoms with Gasteiger partial charge in [0, 0.05) is 37.6 Å². The van der Waals surface area contributed by atoms with Gasteiger partial charge in [0.2, 0.25) is 5.91 Å². The van der Waals surface area contributed by atoms with Crippen LogP contribution in [0.15, 0.2) is 54.6 Å². The maximum Gasteiger partial charge on any atom is 0.261 e. The van der Waals surface area contributed by atoms with E-state index in [1.165, 1.54) is 27.7 Å². The van der Waals surface area contributed by atoms with E-state index in [4.69, 9.17) is 0 Å². The van der Waals surface area contributed by atoms with Gasteiger partial charge in [-0.25, -0.2) is 0 Å². The van der Waals surface area contributed by atoms with Crippen LogP contribution in [0.1, 0.15) is 20.1 Å². The summed E-state index contributed by atoms with van der Waals surface area (Å²) in [7, 11) is 0. The van der Waals surface area contributed by atoms with Crippen LogP contribution < -0.4 is 5.32 Å². The molecule has 0 bridgehead atoms. The molecule has 0 spiro atoms. The van der Waals surface area contributed by atoms with Gasteiger partial charge in [-0.15, -0.1) is 11.3 Å². The van der Waals surface area contributed by atoms with Crippen molar-refractivity contribution in [1.82, 2.24) is 15.1 Å². The van der Waals surface area contributed by atoms with Crippen molar-refractivity contribution in [2.45, 2.75) is 13.5 Å². The van der Waals surface area contributed by atoms with Crippen LogP contribution in [0.3, 0.4) is 0 Å². The first kappa shape index (κ1) is 19.6. The Labute approximate surface area is 174 Å². The molecule has 0 unspecified atom stereocenters. The van der Waals surface area contributed by atoms with Gasteiger partial charge >= 0.3 is 0 Å². The number of carbonyl (C=O) groups excluding carboxylic acids is 2. The third-order valence-corrected chi connectivity index (χ3v) is 6.36. The molecule has 2 aromatic carbocycles. The zero-order valence-corrected chi connectivity index (χ0v) is 17.4. The summed E-state index contributed by atoms with van der Waals surface area (Å²) < 4.78 is 0. The lowest BCUT2D eigenvalue weighted by molar-refractivity contribution is -0.131. The SMILES string of the molecule is Cc1ccc(C(=O)NCC(=O)N2CCN(Cc3cccc4ccccc34)CC2)s1. The Morgan fingerprint density at radius 1 is 0.966 bits per heavy atom. The normalized spacial score (nSPS) is 14.9. The summed E-state index contributed by atoms with van der Waals surface area (Å²) >= 11 is 1.44. The Morgan fingerprint density at radius 2 is 1.72 bits per heavy atom. The second kappa shape index (κ2) is 8.76. The summed E-state index contributed by atoms with van der Waals surface area (Å²) in [6.07, 6.45) is 0. The number of aryl methyl sites for hydroxylation is 1. The fourth-order valence-corrected chi connectivity index (χ4v) is 4.52. The predicted octanol–water partition coefficient (Wildman–Crippen LogP) is 3.28. The van der Waals surface area contributed by atoms with Crippen LogP contribution in [-0.4, -0.2) is 54.3 Å². The quantitative estimate of drug-likeness (QED) is 0.706. The van der Waals surface area contributed by atoms with Crippen molar-refractivity contribution < 1.29 is 9.59 Å². The second-order valence-corrected chi connectivity index (χ2v) is 8.68. The molecule has 0 radical (unpaired) electrons. The average molecular weight is 408 g/mol. The van der Waals surface area contributed by atoms with E-state index < -0.39 is 0 Å². The summed E-state index contributed by atoms with van der Waals surface area (Å²) in [6.45, 7) is 5.97. The molecule has 1 aliphatic heterocycles. The van der Waals surface area contributed by atoms with Crippen molar-refractivity contribution >= 4 is 33.9 Å². The third kappa shape index (κ3) is 4.66. The minimum Gasteiger partial charge on any atom is -0.342 e. The van der Waals surface area contributed by atoms with Crippen molar-refractivity contribution in [3.8, 4) is 0 Å². The first-order chi connectivity index (χ1) is 14.1. The fourth-order valence-electron chi connectivity index (χ4n) is 3.74. The summed E-state index contributed by atoms with van der Waals surface area (Å²) in [5, 5.41) is 5.30. The molecule has 150 valence electrons. The molecule has 1 aliphatic rings. The standard InChI is InChI=1S/C23H25N3O2S/c1-17-9-10-21(29-17)23(28)24-15-22(27)26-13-11-25(12-14-26)16-19-7-4-6-18-5-2-3-8-20(18)19/h2-10H,11-16H2,1H3,(H,24,28). The molecular formula is C23H25N3O2S. The largest absolute Gasteiger partial charge is 0.342 e. The highest BCUT2D eigenvalue weighted by Crippen LogP contribution is 2.20. The molecule has 5 nitrogen and oxygen atoms in total. The molecule has 2 heterocycles. The summed E-state index contributed by atoms with van der Waals surface area (Å²) in [6, 6.07) is 18.6. The van der Waals surface area contributed by atoms with Crippen LogP contribution in [-0.2, 0) is 11.3 Å². The number of nitrogens with one attached hydrogen (secondary N) is 1. The number of piperazine rings is 1. The lowest BCUT2D eigenvalue weighted by Crippen LogP contribution is -2.50. The number of benzene rings is 2. The summed E-state index contributed by atoms with van der Waals surface area (Å²) in [5.41, 5.74) is 1.32. The smallest absolute Gasteiger partial charge is 0.261 e. The van der Waals surface area contributed by atoms with Crippen molar-refractivity contribution in [2.24, 2.45) is 0 Å². The van der Waals surface area contributed by atoms with E-state index in [1.54, 1.807) is 6.07 Å². The molecule has 0 aliphatic carbocycles. The topological polar surface area (TPSA) is 52.7 Å². The average Bonchev–Trinajstić information content (AvgIpc) is 3.19. The minimum absolute atomic E-state index is 0.0172. The van der Waals surface area contributed by atoms with Gasteiger partial charge in [-0.3, -0.25) is 14.5 Å². The van der Waals surface area contributed by atoms with Crippen LogP contribution in [0.25, 0.3) is 10.8 Å². The summed E-state index contributed by atoms with van der Waals surface area (Å²) in [5.74, 6) is -0.192. The van der Waals surface area contributed by atoms with Gasteiger partial charge in [0.1, 0.15) is 0 Å². The zero-order valence-electron chi connectivity index (χ0n) is 16.6. The molecule has 2 amide bonds. The third-order valence-electron chi connectivity index (χ3n) is 5.36. The molecular weight excluding hydrogens is 382 g/mol.